The van der Waals surface area contributed by atoms with Gasteiger partial charge in [-0.25, -0.2) is 4.39 Å². The van der Waals surface area contributed by atoms with E-state index in [4.69, 9.17) is 33.3 Å². The van der Waals surface area contributed by atoms with E-state index in [-0.39, 0.29) is 46.9 Å². The molecule has 0 radical (unpaired) electrons. The Bertz CT molecular complexity index is 1620. The summed E-state index contributed by atoms with van der Waals surface area (Å²) >= 11 is 11.1. The van der Waals surface area contributed by atoms with Crippen molar-refractivity contribution < 1.29 is 28.6 Å². The molecule has 0 saturated heterocycles. The number of hydrogen-bond acceptors (Lipinski definition) is 7. The second-order valence-electron chi connectivity index (χ2n) is 9.19. The second-order valence-corrected chi connectivity index (χ2v) is 10.0. The van der Waals surface area contributed by atoms with Crippen LogP contribution in [-0.2, 0) is 11.2 Å². The predicted molar refractivity (Wildman–Crippen MR) is 163 cm³/mol. The number of aliphatic hydroxyl groups excluding tert-OH is 1. The van der Waals surface area contributed by atoms with Gasteiger partial charge in [0.05, 0.1) is 37.3 Å². The van der Waals surface area contributed by atoms with E-state index < -0.39 is 17.8 Å². The first-order chi connectivity index (χ1) is 20.2. The highest BCUT2D eigenvalue weighted by molar-refractivity contribution is 7.80. The Morgan fingerprint density at radius 2 is 1.83 bits per heavy atom. The van der Waals surface area contributed by atoms with Crippen molar-refractivity contribution in [3.8, 4) is 17.2 Å². The van der Waals surface area contributed by atoms with Gasteiger partial charge < -0.3 is 30.5 Å². The number of thiocarbonyl (C=S) groups is 1. The number of pyridine rings is 1. The molecule has 1 aromatic heterocycles. The molecule has 1 heterocycles. The highest BCUT2D eigenvalue weighted by Crippen LogP contribution is 2.34. The van der Waals surface area contributed by atoms with Crippen molar-refractivity contribution in [2.24, 2.45) is 0 Å². The number of amides is 2. The van der Waals surface area contributed by atoms with E-state index >= 15 is 4.39 Å². The molecule has 1 unspecified atom stereocenters. The Kier molecular flexibility index (Phi) is 10.2. The number of hydrogen-bond donors (Lipinski definition) is 4. The number of aromatic nitrogens is 1. The Balaban J connectivity index is 1.48. The zero-order valence-corrected chi connectivity index (χ0v) is 24.3. The number of ether oxygens (including phenoxy) is 2. The van der Waals surface area contributed by atoms with E-state index in [2.05, 4.69) is 20.9 Å². The van der Waals surface area contributed by atoms with Crippen molar-refractivity contribution in [1.29, 1.82) is 0 Å². The van der Waals surface area contributed by atoms with E-state index in [1.807, 2.05) is 6.92 Å². The number of methoxy groups -OCH3 is 1. The summed E-state index contributed by atoms with van der Waals surface area (Å²) in [7, 11) is 1.43. The molecular weight excluding hydrogens is 583 g/mol. The van der Waals surface area contributed by atoms with Crippen molar-refractivity contribution in [2.75, 3.05) is 19.0 Å². The molecule has 0 aliphatic heterocycles. The summed E-state index contributed by atoms with van der Waals surface area (Å²) in [6.45, 7) is 1.63. The summed E-state index contributed by atoms with van der Waals surface area (Å²) in [5, 5.41) is 18.6. The van der Waals surface area contributed by atoms with E-state index in [1.54, 1.807) is 48.5 Å². The van der Waals surface area contributed by atoms with Crippen LogP contribution in [0.5, 0.6) is 17.2 Å². The van der Waals surface area contributed by atoms with Crippen LogP contribution in [-0.4, -0.2) is 46.8 Å². The summed E-state index contributed by atoms with van der Waals surface area (Å²) in [5.74, 6) is -1.02. The van der Waals surface area contributed by atoms with Gasteiger partial charge in [0, 0.05) is 34.4 Å². The Morgan fingerprint density at radius 3 is 2.50 bits per heavy atom. The summed E-state index contributed by atoms with van der Waals surface area (Å²) in [6.07, 6.45) is 2.13. The number of aliphatic hydroxyl groups is 1. The van der Waals surface area contributed by atoms with Gasteiger partial charge in [0.1, 0.15) is 11.5 Å². The Hall–Kier alpha value is -4.32. The van der Waals surface area contributed by atoms with Gasteiger partial charge in [-0.15, -0.1) is 0 Å². The predicted octanol–water partition coefficient (Wildman–Crippen LogP) is 5.38. The molecule has 3 aromatic carbocycles. The first kappa shape index (κ1) is 30.6. The maximum atomic E-state index is 15.1. The molecule has 42 heavy (non-hydrogen) atoms. The van der Waals surface area contributed by atoms with Crippen LogP contribution in [0.25, 0.3) is 10.9 Å². The number of rotatable bonds is 10. The van der Waals surface area contributed by atoms with E-state index in [1.165, 1.54) is 25.4 Å². The topological polar surface area (TPSA) is 122 Å². The van der Waals surface area contributed by atoms with Gasteiger partial charge in [0.25, 0.3) is 5.91 Å². The van der Waals surface area contributed by atoms with Gasteiger partial charge >= 0.3 is 0 Å². The van der Waals surface area contributed by atoms with Crippen molar-refractivity contribution in [3.05, 3.63) is 88.8 Å². The number of carbonyl (C=O) groups excluding carboxylic acids is 2. The average Bonchev–Trinajstić information content (AvgIpc) is 2.97. The van der Waals surface area contributed by atoms with Gasteiger partial charge in [0.15, 0.2) is 16.7 Å². The normalized spacial score (nSPS) is 11.5. The van der Waals surface area contributed by atoms with Crippen LogP contribution in [0, 0.1) is 5.82 Å². The first-order valence-electron chi connectivity index (χ1n) is 12.9. The molecule has 1 atom stereocenters. The fraction of sp³-hybridized carbons (Fsp3) is 0.200. The standard InChI is InChI=1S/C30H28ClFN4O5S/c1-3-19(16-37)34-29(39)22-14-21-24(15-27(22)40-2)33-11-10-25(21)41-26-9-8-20(13-23(26)32)35-30(42)36-28(38)12-17-4-6-18(31)7-5-17/h4-11,13-15,19,37H,3,12,16H2,1-2H3,(H,34,39)(H2,35,36,38,42). The SMILES string of the molecule is CCC(CO)NC(=O)c1cc2c(Oc3ccc(NC(=S)NC(=O)Cc4ccc(Cl)cc4)cc3F)ccnc2cc1OC. The number of nitrogens with zero attached hydrogens (tertiary/aromatic N) is 1. The number of halogens is 2. The van der Waals surface area contributed by atoms with Crippen LogP contribution < -0.4 is 25.4 Å². The smallest absolute Gasteiger partial charge is 0.255 e. The van der Waals surface area contributed by atoms with E-state index in [0.717, 1.165) is 5.56 Å². The minimum atomic E-state index is -0.694. The number of nitrogens with one attached hydrogen (secondary N) is 3. The third-order valence-electron chi connectivity index (χ3n) is 6.26. The van der Waals surface area contributed by atoms with Crippen LogP contribution >= 0.6 is 23.8 Å². The molecule has 4 rings (SSSR count). The fourth-order valence-corrected chi connectivity index (χ4v) is 4.38. The molecule has 0 spiro atoms. The number of carbonyl (C=O) groups is 2. The molecule has 218 valence electrons. The molecule has 0 saturated carbocycles. The first-order valence-corrected chi connectivity index (χ1v) is 13.7. The number of fused-ring (bicyclic) bond motifs is 1. The van der Waals surface area contributed by atoms with Crippen LogP contribution in [0.4, 0.5) is 10.1 Å². The van der Waals surface area contributed by atoms with Crippen LogP contribution in [0.15, 0.2) is 66.9 Å². The molecule has 12 heteroatoms. The maximum Gasteiger partial charge on any atom is 0.255 e. The van der Waals surface area contributed by atoms with Crippen molar-refractivity contribution in [3.63, 3.8) is 0 Å². The largest absolute Gasteiger partial charge is 0.496 e. The van der Waals surface area contributed by atoms with Crippen LogP contribution in [0.1, 0.15) is 29.3 Å². The van der Waals surface area contributed by atoms with Gasteiger partial charge in [-0.2, -0.15) is 0 Å². The third kappa shape index (κ3) is 7.69. The lowest BCUT2D eigenvalue weighted by atomic mass is 10.1. The molecular formula is C30H28ClFN4O5S. The Morgan fingerprint density at radius 1 is 1.07 bits per heavy atom. The van der Waals surface area contributed by atoms with Gasteiger partial charge in [0.2, 0.25) is 5.91 Å². The summed E-state index contributed by atoms with van der Waals surface area (Å²) < 4.78 is 26.4. The van der Waals surface area contributed by atoms with Crippen molar-refractivity contribution in [2.45, 2.75) is 25.8 Å². The monoisotopic (exact) mass is 610 g/mol. The quantitative estimate of drug-likeness (QED) is 0.177. The average molecular weight is 611 g/mol. The van der Waals surface area contributed by atoms with Crippen LogP contribution in [0.2, 0.25) is 5.02 Å². The summed E-state index contributed by atoms with van der Waals surface area (Å²) in [5.41, 5.74) is 1.74. The van der Waals surface area contributed by atoms with Crippen molar-refractivity contribution in [1.82, 2.24) is 15.6 Å². The maximum absolute atomic E-state index is 15.1. The minimum Gasteiger partial charge on any atom is -0.496 e. The Labute approximate surface area is 252 Å². The van der Waals surface area contributed by atoms with Crippen molar-refractivity contribution >= 4 is 57.3 Å². The molecule has 9 nitrogen and oxygen atoms in total. The summed E-state index contributed by atoms with van der Waals surface area (Å²) in [6, 6.07) is 15.3. The number of anilines is 1. The van der Waals surface area contributed by atoms with Crippen LogP contribution in [0.3, 0.4) is 0 Å². The molecule has 0 bridgehead atoms. The highest BCUT2D eigenvalue weighted by Gasteiger charge is 2.19. The lowest BCUT2D eigenvalue weighted by Gasteiger charge is -2.17. The molecule has 0 aliphatic carbocycles. The van der Waals surface area contributed by atoms with Gasteiger partial charge in [-0.1, -0.05) is 30.7 Å². The second kappa shape index (κ2) is 14.0. The molecule has 0 aliphatic rings. The highest BCUT2D eigenvalue weighted by atomic mass is 35.5. The minimum absolute atomic E-state index is 0.00780. The molecule has 0 fully saturated rings. The number of benzene rings is 3. The van der Waals surface area contributed by atoms with Gasteiger partial charge in [-0.05, 0) is 60.6 Å². The fourth-order valence-electron chi connectivity index (χ4n) is 4.02. The molecule has 4 N–H and O–H groups in total. The zero-order valence-electron chi connectivity index (χ0n) is 22.7. The third-order valence-corrected chi connectivity index (χ3v) is 6.71. The van der Waals surface area contributed by atoms with E-state index in [9.17, 15) is 14.7 Å². The zero-order chi connectivity index (χ0) is 30.2. The molecule has 2 amide bonds. The lowest BCUT2D eigenvalue weighted by molar-refractivity contribution is -0.119. The summed E-state index contributed by atoms with van der Waals surface area (Å²) in [4.78, 5) is 29.6. The van der Waals surface area contributed by atoms with Gasteiger partial charge in [-0.3, -0.25) is 14.6 Å². The van der Waals surface area contributed by atoms with E-state index in [0.29, 0.717) is 28.0 Å². The lowest BCUT2D eigenvalue weighted by Crippen LogP contribution is -2.37. The molecule has 4 aromatic rings.